The van der Waals surface area contributed by atoms with E-state index < -0.39 is 5.41 Å². The first-order valence-corrected chi connectivity index (χ1v) is 11.9. The van der Waals surface area contributed by atoms with Gasteiger partial charge in [-0.2, -0.15) is 0 Å². The largest absolute Gasteiger partial charge is 0.348 e. The van der Waals surface area contributed by atoms with Crippen molar-refractivity contribution < 1.29 is 9.59 Å². The van der Waals surface area contributed by atoms with Gasteiger partial charge in [-0.1, -0.05) is 0 Å². The molecule has 4 aliphatic rings. The molecule has 5 nitrogen and oxygen atoms in total. The number of ketones is 1. The van der Waals surface area contributed by atoms with Crippen LogP contribution in [0.1, 0.15) is 49.7 Å². The highest BCUT2D eigenvalue weighted by Crippen LogP contribution is 2.62. The standard InChI is InChI=1S/C27H33N3O2/c1-30(2)25(32)27(17-19-3-7-28-8-4-19,18-20-5-9-29-10-6-20)24(31)26-14-21-11-22(15-26)13-23(12-21)16-26/h3-10,21-23H,11-18H2,1-2H3. The zero-order chi connectivity index (χ0) is 22.3. The lowest BCUT2D eigenvalue weighted by molar-refractivity contribution is -0.163. The van der Waals surface area contributed by atoms with Gasteiger partial charge >= 0.3 is 0 Å². The van der Waals surface area contributed by atoms with E-state index in [2.05, 4.69) is 9.97 Å². The second kappa shape index (κ2) is 8.09. The van der Waals surface area contributed by atoms with Crippen LogP contribution in [0.2, 0.25) is 0 Å². The Morgan fingerprint density at radius 1 is 0.844 bits per heavy atom. The number of rotatable bonds is 7. The van der Waals surface area contributed by atoms with E-state index in [1.54, 1.807) is 43.8 Å². The normalized spacial score (nSPS) is 28.5. The van der Waals surface area contributed by atoms with Crippen molar-refractivity contribution in [3.63, 3.8) is 0 Å². The molecule has 0 aromatic carbocycles. The Hall–Kier alpha value is -2.56. The summed E-state index contributed by atoms with van der Waals surface area (Å²) in [5.74, 6) is 2.07. The highest BCUT2D eigenvalue weighted by Gasteiger charge is 2.61. The zero-order valence-electron chi connectivity index (χ0n) is 19.2. The van der Waals surface area contributed by atoms with Crippen molar-refractivity contribution in [1.29, 1.82) is 0 Å². The molecule has 2 aromatic rings. The van der Waals surface area contributed by atoms with Crippen LogP contribution in [0.15, 0.2) is 49.1 Å². The van der Waals surface area contributed by atoms with Gasteiger partial charge in [0.05, 0.1) is 0 Å². The summed E-state index contributed by atoms with van der Waals surface area (Å²) >= 11 is 0. The number of pyridine rings is 2. The Morgan fingerprint density at radius 2 is 1.25 bits per heavy atom. The topological polar surface area (TPSA) is 63.2 Å². The van der Waals surface area contributed by atoms with Crippen LogP contribution < -0.4 is 0 Å². The molecule has 0 spiro atoms. The van der Waals surface area contributed by atoms with Gasteiger partial charge < -0.3 is 4.90 Å². The molecular formula is C27H33N3O2. The van der Waals surface area contributed by atoms with Gasteiger partial charge in [-0.25, -0.2) is 0 Å². The Morgan fingerprint density at radius 3 is 1.62 bits per heavy atom. The SMILES string of the molecule is CN(C)C(=O)C(Cc1ccncc1)(Cc1ccncc1)C(=O)C12CC3CC(CC(C3)C1)C2. The first kappa shape index (κ1) is 21.3. The van der Waals surface area contributed by atoms with Crippen molar-refractivity contribution in [2.45, 2.75) is 51.4 Å². The van der Waals surface area contributed by atoms with Crippen LogP contribution in [-0.2, 0) is 22.4 Å². The minimum absolute atomic E-state index is 0.0770. The quantitative estimate of drug-likeness (QED) is 0.619. The van der Waals surface area contributed by atoms with Crippen molar-refractivity contribution in [1.82, 2.24) is 14.9 Å². The summed E-state index contributed by atoms with van der Waals surface area (Å²) in [7, 11) is 3.56. The molecule has 4 aliphatic carbocycles. The van der Waals surface area contributed by atoms with Gasteiger partial charge in [0.1, 0.15) is 5.41 Å². The molecule has 0 radical (unpaired) electrons. The number of aromatic nitrogens is 2. The molecule has 4 bridgehead atoms. The van der Waals surface area contributed by atoms with Crippen LogP contribution >= 0.6 is 0 Å². The van der Waals surface area contributed by atoms with Crippen molar-refractivity contribution in [3.05, 3.63) is 60.2 Å². The lowest BCUT2D eigenvalue weighted by atomic mass is 9.45. The summed E-state index contributed by atoms with van der Waals surface area (Å²) < 4.78 is 0. The summed E-state index contributed by atoms with van der Waals surface area (Å²) in [4.78, 5) is 38.7. The predicted molar refractivity (Wildman–Crippen MR) is 123 cm³/mol. The third-order valence-electron chi connectivity index (χ3n) is 8.28. The Labute approximate surface area is 190 Å². The van der Waals surface area contributed by atoms with Gasteiger partial charge in [0.2, 0.25) is 5.91 Å². The van der Waals surface area contributed by atoms with Gasteiger partial charge in [-0.15, -0.1) is 0 Å². The maximum absolute atomic E-state index is 14.8. The third-order valence-corrected chi connectivity index (χ3v) is 8.28. The zero-order valence-corrected chi connectivity index (χ0v) is 19.2. The first-order valence-electron chi connectivity index (χ1n) is 11.9. The van der Waals surface area contributed by atoms with E-state index in [1.165, 1.54) is 19.3 Å². The number of carbonyl (C=O) groups excluding carboxylic acids is 2. The Kier molecular flexibility index (Phi) is 5.39. The van der Waals surface area contributed by atoms with E-state index in [-0.39, 0.29) is 17.1 Å². The second-order valence-corrected chi connectivity index (χ2v) is 10.9. The molecule has 0 unspecified atom stereocenters. The van der Waals surface area contributed by atoms with Gasteiger partial charge in [0, 0.05) is 44.3 Å². The minimum atomic E-state index is -1.11. The summed E-state index contributed by atoms with van der Waals surface area (Å²) in [6.45, 7) is 0. The summed E-state index contributed by atoms with van der Waals surface area (Å²) in [5.41, 5.74) is 0.517. The van der Waals surface area contributed by atoms with Crippen molar-refractivity contribution in [2.75, 3.05) is 14.1 Å². The Balaban J connectivity index is 1.62. The predicted octanol–water partition coefficient (Wildman–Crippen LogP) is 4.12. The van der Waals surface area contributed by atoms with Crippen molar-refractivity contribution in [3.8, 4) is 0 Å². The number of hydrogen-bond donors (Lipinski definition) is 0. The molecule has 168 valence electrons. The van der Waals surface area contributed by atoms with Crippen LogP contribution in [0.4, 0.5) is 0 Å². The van der Waals surface area contributed by atoms with Crippen LogP contribution in [0.3, 0.4) is 0 Å². The van der Waals surface area contributed by atoms with E-state index in [1.807, 2.05) is 24.3 Å². The highest BCUT2D eigenvalue weighted by molar-refractivity contribution is 6.09. The molecule has 0 aliphatic heterocycles. The number of amides is 1. The summed E-state index contributed by atoms with van der Waals surface area (Å²) in [5, 5.41) is 0. The van der Waals surface area contributed by atoms with E-state index in [9.17, 15) is 9.59 Å². The number of nitrogens with zero attached hydrogens (tertiary/aromatic N) is 3. The van der Waals surface area contributed by atoms with Crippen molar-refractivity contribution >= 4 is 11.7 Å². The average Bonchev–Trinajstić information content (AvgIpc) is 2.78. The maximum Gasteiger partial charge on any atom is 0.236 e. The molecular weight excluding hydrogens is 398 g/mol. The molecule has 6 rings (SSSR count). The smallest absolute Gasteiger partial charge is 0.236 e. The fourth-order valence-electron chi connectivity index (χ4n) is 7.49. The van der Waals surface area contributed by atoms with Crippen LogP contribution in [-0.4, -0.2) is 40.7 Å². The van der Waals surface area contributed by atoms with E-state index >= 15 is 0 Å². The van der Waals surface area contributed by atoms with Gasteiger partial charge in [0.15, 0.2) is 5.78 Å². The molecule has 4 fully saturated rings. The minimum Gasteiger partial charge on any atom is -0.348 e. The van der Waals surface area contributed by atoms with E-state index in [0.29, 0.717) is 30.6 Å². The second-order valence-electron chi connectivity index (χ2n) is 10.9. The monoisotopic (exact) mass is 431 g/mol. The average molecular weight is 432 g/mol. The molecule has 4 saturated carbocycles. The van der Waals surface area contributed by atoms with Gasteiger partial charge in [0.25, 0.3) is 0 Å². The maximum atomic E-state index is 14.8. The number of carbonyl (C=O) groups is 2. The molecule has 2 aromatic heterocycles. The van der Waals surface area contributed by atoms with Crippen molar-refractivity contribution in [2.24, 2.45) is 28.6 Å². The fraction of sp³-hybridized carbons (Fsp3) is 0.556. The summed E-state index contributed by atoms with van der Waals surface area (Å²) in [6, 6.07) is 7.77. The van der Waals surface area contributed by atoms with E-state index in [4.69, 9.17) is 0 Å². The van der Waals surface area contributed by atoms with Gasteiger partial charge in [-0.3, -0.25) is 19.6 Å². The molecule has 0 N–H and O–H groups in total. The Bertz CT molecular complexity index is 910. The van der Waals surface area contributed by atoms with Crippen LogP contribution in [0.25, 0.3) is 0 Å². The molecule has 32 heavy (non-hydrogen) atoms. The third kappa shape index (κ3) is 3.66. The molecule has 0 atom stereocenters. The molecule has 2 heterocycles. The van der Waals surface area contributed by atoms with E-state index in [0.717, 1.165) is 30.4 Å². The molecule has 0 saturated heterocycles. The fourth-order valence-corrected chi connectivity index (χ4v) is 7.49. The lowest BCUT2D eigenvalue weighted by Gasteiger charge is -2.57. The number of hydrogen-bond acceptors (Lipinski definition) is 4. The highest BCUT2D eigenvalue weighted by atomic mass is 16.2. The number of Topliss-reactive ketones (excluding diaryl/α,β-unsaturated/α-hetero) is 1. The molecule has 5 heteroatoms. The van der Waals surface area contributed by atoms with Gasteiger partial charge in [-0.05, 0) is 105 Å². The van der Waals surface area contributed by atoms with Crippen LogP contribution in [0, 0.1) is 28.6 Å². The molecule has 1 amide bonds. The summed E-state index contributed by atoms with van der Waals surface area (Å²) in [6.07, 6.45) is 14.5. The first-order chi connectivity index (χ1) is 15.4. The lowest BCUT2D eigenvalue weighted by Crippen LogP contribution is -2.59. The van der Waals surface area contributed by atoms with Crippen LogP contribution in [0.5, 0.6) is 0 Å².